The summed E-state index contributed by atoms with van der Waals surface area (Å²) in [6, 6.07) is 0. The molecule has 7 nitrogen and oxygen atoms in total. The number of nitrogens with zero attached hydrogens (tertiary/aromatic N) is 1. The Morgan fingerprint density at radius 1 is 1.63 bits per heavy atom. The monoisotopic (exact) mass is 306 g/mol. The van der Waals surface area contributed by atoms with Crippen LogP contribution in [0.5, 0.6) is 5.75 Å². The van der Waals surface area contributed by atoms with E-state index in [1.165, 1.54) is 6.20 Å². The molecule has 1 atom stereocenters. The standard InChI is InChI=1S/C10H15N2O5PS/c1-6-9(13)8(10-11-2-3-19-10)7(4-12-6)5-17-18(14,15)16/h4,10-11,13H,2-3,5H2,1H3,(H2,14,15,16). The molecule has 0 aromatic carbocycles. The molecule has 1 aromatic rings. The molecule has 4 N–H and O–H groups in total. The van der Waals surface area contributed by atoms with Gasteiger partial charge in [0.05, 0.1) is 17.7 Å². The van der Waals surface area contributed by atoms with Gasteiger partial charge in [-0.25, -0.2) is 4.57 Å². The number of nitrogens with one attached hydrogen (secondary N) is 1. The highest BCUT2D eigenvalue weighted by molar-refractivity contribution is 7.99. The molecule has 1 aliphatic rings. The molecule has 9 heteroatoms. The molecule has 1 aliphatic heterocycles. The van der Waals surface area contributed by atoms with E-state index in [2.05, 4.69) is 14.8 Å². The van der Waals surface area contributed by atoms with Gasteiger partial charge >= 0.3 is 7.82 Å². The number of pyridine rings is 1. The number of hydrogen-bond donors (Lipinski definition) is 4. The third-order valence-electron chi connectivity index (χ3n) is 2.72. The summed E-state index contributed by atoms with van der Waals surface area (Å²) in [6.45, 7) is 2.19. The molecule has 0 aliphatic carbocycles. The van der Waals surface area contributed by atoms with Crippen LogP contribution in [0.3, 0.4) is 0 Å². The summed E-state index contributed by atoms with van der Waals surface area (Å²) < 4.78 is 15.2. The van der Waals surface area contributed by atoms with Crippen molar-refractivity contribution >= 4 is 19.6 Å². The van der Waals surface area contributed by atoms with Crippen LogP contribution in [-0.4, -0.2) is 32.2 Å². The van der Waals surface area contributed by atoms with E-state index in [1.807, 2.05) is 0 Å². The highest BCUT2D eigenvalue weighted by Gasteiger charge is 2.26. The van der Waals surface area contributed by atoms with Gasteiger partial charge in [0.15, 0.2) is 0 Å². The summed E-state index contributed by atoms with van der Waals surface area (Å²) in [7, 11) is -4.55. The van der Waals surface area contributed by atoms with Crippen LogP contribution in [0.1, 0.15) is 22.2 Å². The Labute approximate surface area is 114 Å². The van der Waals surface area contributed by atoms with Crippen LogP contribution in [0, 0.1) is 6.92 Å². The molecular weight excluding hydrogens is 291 g/mol. The van der Waals surface area contributed by atoms with E-state index in [1.54, 1.807) is 18.7 Å². The Hall–Kier alpha value is -0.630. The molecular formula is C10H15N2O5PS. The Morgan fingerprint density at radius 3 is 2.95 bits per heavy atom. The predicted molar refractivity (Wildman–Crippen MR) is 70.7 cm³/mol. The molecule has 1 aromatic heterocycles. The number of rotatable bonds is 4. The lowest BCUT2D eigenvalue weighted by molar-refractivity contribution is 0.188. The van der Waals surface area contributed by atoms with E-state index in [9.17, 15) is 9.67 Å². The molecule has 0 radical (unpaired) electrons. The van der Waals surface area contributed by atoms with Gasteiger partial charge in [-0.05, 0) is 6.92 Å². The molecule has 106 valence electrons. The fraction of sp³-hybridized carbons (Fsp3) is 0.500. The Kier molecular flexibility index (Phi) is 4.50. The van der Waals surface area contributed by atoms with E-state index < -0.39 is 7.82 Å². The first-order valence-electron chi connectivity index (χ1n) is 5.61. The lowest BCUT2D eigenvalue weighted by atomic mass is 10.1. The Morgan fingerprint density at radius 2 is 2.37 bits per heavy atom. The van der Waals surface area contributed by atoms with Gasteiger partial charge in [-0.1, -0.05) is 0 Å². The van der Waals surface area contributed by atoms with Gasteiger partial charge in [-0.2, -0.15) is 0 Å². The fourth-order valence-electron chi connectivity index (χ4n) is 1.82. The number of phosphoric ester groups is 1. The second kappa shape index (κ2) is 5.78. The van der Waals surface area contributed by atoms with Crippen LogP contribution in [-0.2, 0) is 15.7 Å². The number of hydrogen-bond acceptors (Lipinski definition) is 6. The first kappa shape index (κ1) is 14.8. The SMILES string of the molecule is Cc1ncc(COP(=O)(O)O)c(C2NCCS2)c1O. The number of aromatic nitrogens is 1. The van der Waals surface area contributed by atoms with Crippen LogP contribution in [0.25, 0.3) is 0 Å². The minimum atomic E-state index is -4.55. The van der Waals surface area contributed by atoms with Crippen LogP contribution < -0.4 is 5.32 Å². The predicted octanol–water partition coefficient (Wildman–Crippen LogP) is 1.04. The lowest BCUT2D eigenvalue weighted by Gasteiger charge is -2.18. The molecule has 2 heterocycles. The number of phosphoric acid groups is 1. The summed E-state index contributed by atoms with van der Waals surface area (Å²) >= 11 is 1.62. The van der Waals surface area contributed by atoms with Gasteiger partial charge in [0.2, 0.25) is 0 Å². The van der Waals surface area contributed by atoms with Crippen molar-refractivity contribution in [3.8, 4) is 5.75 Å². The Balaban J connectivity index is 2.31. The smallest absolute Gasteiger partial charge is 0.469 e. The number of aryl methyl sites for hydroxylation is 1. The summed E-state index contributed by atoms with van der Waals surface area (Å²) in [6.07, 6.45) is 1.47. The van der Waals surface area contributed by atoms with Crippen molar-refractivity contribution in [2.24, 2.45) is 0 Å². The van der Waals surface area contributed by atoms with Crippen molar-refractivity contribution in [3.63, 3.8) is 0 Å². The van der Waals surface area contributed by atoms with E-state index in [4.69, 9.17) is 9.79 Å². The molecule has 0 amide bonds. The van der Waals surface area contributed by atoms with Crippen LogP contribution in [0.15, 0.2) is 6.20 Å². The highest BCUT2D eigenvalue weighted by atomic mass is 32.2. The number of aromatic hydroxyl groups is 1. The molecule has 0 saturated carbocycles. The first-order valence-corrected chi connectivity index (χ1v) is 8.19. The van der Waals surface area contributed by atoms with Gasteiger partial charge in [0.1, 0.15) is 5.75 Å². The van der Waals surface area contributed by atoms with Gasteiger partial charge in [-0.15, -0.1) is 11.8 Å². The van der Waals surface area contributed by atoms with Crippen LogP contribution in [0.2, 0.25) is 0 Å². The molecule has 19 heavy (non-hydrogen) atoms. The van der Waals surface area contributed by atoms with Crippen molar-refractivity contribution < 1.29 is 24.0 Å². The summed E-state index contributed by atoms with van der Waals surface area (Å²) in [4.78, 5) is 21.5. The topological polar surface area (TPSA) is 112 Å². The minimum absolute atomic E-state index is 0.0405. The molecule has 1 unspecified atom stereocenters. The maximum absolute atomic E-state index is 10.8. The van der Waals surface area contributed by atoms with Gasteiger partial charge in [-0.3, -0.25) is 9.51 Å². The van der Waals surface area contributed by atoms with Gasteiger partial charge in [0, 0.05) is 29.6 Å². The van der Waals surface area contributed by atoms with Crippen LogP contribution in [0.4, 0.5) is 0 Å². The highest BCUT2D eigenvalue weighted by Crippen LogP contribution is 2.41. The van der Waals surface area contributed by atoms with E-state index >= 15 is 0 Å². The first-order chi connectivity index (χ1) is 8.88. The average molecular weight is 306 g/mol. The molecule has 2 rings (SSSR count). The normalized spacial score (nSPS) is 19.8. The van der Waals surface area contributed by atoms with Crippen molar-refractivity contribution in [1.82, 2.24) is 10.3 Å². The van der Waals surface area contributed by atoms with E-state index in [-0.39, 0.29) is 17.7 Å². The minimum Gasteiger partial charge on any atom is -0.506 e. The van der Waals surface area contributed by atoms with Crippen molar-refractivity contribution in [3.05, 3.63) is 23.0 Å². The second-order valence-electron chi connectivity index (χ2n) is 4.10. The third kappa shape index (κ3) is 3.68. The summed E-state index contributed by atoms with van der Waals surface area (Å²) in [5, 5.41) is 13.2. The average Bonchev–Trinajstić information content (AvgIpc) is 2.83. The quantitative estimate of drug-likeness (QED) is 0.611. The van der Waals surface area contributed by atoms with Crippen molar-refractivity contribution in [2.45, 2.75) is 18.9 Å². The maximum Gasteiger partial charge on any atom is 0.469 e. The lowest BCUT2D eigenvalue weighted by Crippen LogP contribution is -2.15. The third-order valence-corrected chi connectivity index (χ3v) is 4.37. The van der Waals surface area contributed by atoms with Crippen molar-refractivity contribution in [2.75, 3.05) is 12.3 Å². The van der Waals surface area contributed by atoms with Crippen molar-refractivity contribution in [1.29, 1.82) is 0 Å². The fourth-order valence-corrected chi connectivity index (χ4v) is 3.27. The molecule has 0 bridgehead atoms. The zero-order valence-corrected chi connectivity index (χ0v) is 11.9. The summed E-state index contributed by atoms with van der Waals surface area (Å²) in [5.41, 5.74) is 1.53. The zero-order chi connectivity index (χ0) is 14.0. The van der Waals surface area contributed by atoms with Gasteiger partial charge in [0.25, 0.3) is 0 Å². The van der Waals surface area contributed by atoms with Crippen LogP contribution >= 0.6 is 19.6 Å². The number of thioether (sulfide) groups is 1. The Bertz CT molecular complexity index is 515. The molecule has 1 saturated heterocycles. The molecule has 0 spiro atoms. The van der Waals surface area contributed by atoms with E-state index in [0.29, 0.717) is 16.8 Å². The van der Waals surface area contributed by atoms with Gasteiger partial charge < -0.3 is 20.2 Å². The van der Waals surface area contributed by atoms with E-state index in [0.717, 1.165) is 12.3 Å². The zero-order valence-electron chi connectivity index (χ0n) is 10.2. The largest absolute Gasteiger partial charge is 0.506 e. The summed E-state index contributed by atoms with van der Waals surface area (Å²) in [5.74, 6) is 0.947. The maximum atomic E-state index is 10.8. The second-order valence-corrected chi connectivity index (χ2v) is 6.55. The molecule has 1 fully saturated rings.